The van der Waals surface area contributed by atoms with Gasteiger partial charge in [0.2, 0.25) is 47.3 Å². The van der Waals surface area contributed by atoms with Gasteiger partial charge in [-0.2, -0.15) is 0 Å². The number of carbonyl (C=O) groups excluding carboxylic acids is 10. The van der Waals surface area contributed by atoms with Crippen molar-refractivity contribution >= 4 is 82.7 Å². The van der Waals surface area contributed by atoms with Crippen molar-refractivity contribution in [1.29, 1.82) is 0 Å². The van der Waals surface area contributed by atoms with Crippen molar-refractivity contribution in [3.8, 4) is 0 Å². The van der Waals surface area contributed by atoms with Crippen molar-refractivity contribution in [2.45, 2.75) is 209 Å². The second-order valence-corrected chi connectivity index (χ2v) is 22.1. The number of esters is 1. The number of benzene rings is 1. The van der Waals surface area contributed by atoms with Gasteiger partial charge in [-0.15, -0.1) is 11.6 Å². The summed E-state index contributed by atoms with van der Waals surface area (Å²) in [4.78, 5) is 164. The van der Waals surface area contributed by atoms with E-state index in [1.165, 1.54) is 39.0 Å². The molecule has 31 nitrogen and oxygen atoms in total. The number of aliphatic hydroxyl groups is 4. The van der Waals surface area contributed by atoms with E-state index in [4.69, 9.17) is 33.5 Å². The predicted octanol–water partition coefficient (Wildman–Crippen LogP) is -3.24. The third-order valence-corrected chi connectivity index (χ3v) is 14.7. The number of hydrogen-bond donors (Lipinski definition) is 18. The summed E-state index contributed by atoms with van der Waals surface area (Å²) in [5, 5.41) is 83.1. The van der Waals surface area contributed by atoms with Crippen LogP contribution in [0.15, 0.2) is 36.0 Å². The molecule has 0 aliphatic carbocycles. The summed E-state index contributed by atoms with van der Waals surface area (Å²) in [7, 11) is 0. The summed E-state index contributed by atoms with van der Waals surface area (Å²) >= 11 is 5.89. The van der Waals surface area contributed by atoms with E-state index in [2.05, 4.69) is 44.1 Å². The molecule has 0 saturated carbocycles. The lowest BCUT2D eigenvalue weighted by Gasteiger charge is -2.28. The van der Waals surface area contributed by atoms with Crippen LogP contribution in [0.25, 0.3) is 0 Å². The van der Waals surface area contributed by atoms with Crippen LogP contribution in [0.4, 0.5) is 0 Å². The van der Waals surface area contributed by atoms with Gasteiger partial charge < -0.3 is 100 Å². The topological polar surface area (TPSA) is 522 Å². The molecule has 12 atom stereocenters. The number of carboxylic acids is 2. The summed E-state index contributed by atoms with van der Waals surface area (Å²) in [6.45, 7) is 2.61. The lowest BCUT2D eigenvalue weighted by atomic mass is 9.99. The minimum Gasteiger partial charge on any atom is -0.481 e. The average Bonchev–Trinajstić information content (AvgIpc) is 1.57. The van der Waals surface area contributed by atoms with E-state index >= 15 is 0 Å². The Morgan fingerprint density at radius 2 is 1.18 bits per heavy atom. The molecule has 0 bridgehead atoms. The fraction of sp³-hybridized carbons (Fsp3) is 0.655. The van der Waals surface area contributed by atoms with Crippen LogP contribution in [-0.4, -0.2) is 200 Å². The van der Waals surface area contributed by atoms with Gasteiger partial charge in [-0.3, -0.25) is 47.9 Å². The van der Waals surface area contributed by atoms with E-state index in [1.807, 2.05) is 16.7 Å². The molecule has 21 N–H and O–H groups in total. The van der Waals surface area contributed by atoms with Gasteiger partial charge in [-0.1, -0.05) is 95.1 Å². The van der Waals surface area contributed by atoms with Gasteiger partial charge in [0.25, 0.3) is 5.91 Å². The molecule has 2 rings (SSSR count). The van der Waals surface area contributed by atoms with Gasteiger partial charge in [0.05, 0.1) is 37.0 Å². The predicted molar refractivity (Wildman–Crippen MR) is 324 cm³/mol. The number of rotatable bonds is 30. The molecule has 0 radical (unpaired) electrons. The van der Waals surface area contributed by atoms with Crippen molar-refractivity contribution in [2.75, 3.05) is 32.1 Å². The maximum atomic E-state index is 14.3. The van der Waals surface area contributed by atoms with Gasteiger partial charge in [0.15, 0.2) is 12.1 Å². The smallest absolute Gasteiger partial charge is 0.335 e. The molecule has 90 heavy (non-hydrogen) atoms. The molecule has 0 aromatic heterocycles. The highest BCUT2D eigenvalue weighted by Gasteiger charge is 2.41. The molecule has 506 valence electrons. The zero-order valence-corrected chi connectivity index (χ0v) is 51.9. The quantitative estimate of drug-likeness (QED) is 0.0156. The number of allylic oxidation sites excluding steroid dienone is 1. The molecule has 1 heterocycles. The minimum absolute atomic E-state index is 0.118. The number of carboxylic acid groups (broad SMARTS) is 2. The van der Waals surface area contributed by atoms with Crippen molar-refractivity contribution in [3.05, 3.63) is 47.2 Å². The summed E-state index contributed by atoms with van der Waals surface area (Å²) in [5.74, 6) is -17.9. The molecule has 1 aliphatic rings. The Labute approximate surface area is 527 Å². The molecule has 1 aromatic carbocycles. The Morgan fingerprint density at radius 3 is 1.71 bits per heavy atom. The van der Waals surface area contributed by atoms with E-state index < -0.39 is 181 Å². The lowest BCUT2D eigenvalue weighted by Crippen LogP contribution is -2.62. The lowest BCUT2D eigenvalue weighted by molar-refractivity contribution is -0.155. The molecule has 9 amide bonds. The largest absolute Gasteiger partial charge is 0.481 e. The number of aryl methyl sites for hydroxylation is 1. The molecule has 32 heteroatoms. The first-order chi connectivity index (χ1) is 42.8. The number of alkyl halides is 1. The number of nitrogens with two attached hydrogens (primary N) is 3. The number of aliphatic carboxylic acids is 2. The standard InChI is InChI=1S/C58H93ClN12O19/c1-4-6-7-8-9-10-11-12-13-14-18-33-19-17-20-34(27-33)41(73)29-43(75)63-40-31-90-58(89)46(42(74)30-59)70-56(86)47(48(78)57(87)88)71-49(79)35(5-2)64-55(85)45(32(3)72)69-52(82)38(23-26-62)66-50(80)36(21-15-16-24-60)65-53(83)39(28-44(76)77)68-51(81)37(22-25-61)67-54(40)84/h5,17,19-20,27,32,36-42,45-48,72-74,78H,4,6-16,18,21-26,28-31,60-62H2,1-3H3,(H,63,75)(H,64,85)(H,65,83)(H,66,80)(H,67,84)(H,68,81)(H,69,82)(H,70,86)(H,71,79)(H,76,77)(H,87,88)/b35-5-/t32-,36-,37+,38-,39+,40-,41-,42?,45?,46-,47?,48-/m0/s1. The first-order valence-corrected chi connectivity index (χ1v) is 30.8. The minimum atomic E-state index is -2.84. The van der Waals surface area contributed by atoms with Gasteiger partial charge in [0.1, 0.15) is 54.6 Å². The molecular formula is C58H93ClN12O19. The molecule has 1 aliphatic heterocycles. The highest BCUT2D eigenvalue weighted by Crippen LogP contribution is 2.21. The second kappa shape index (κ2) is 42.6. The fourth-order valence-corrected chi connectivity index (χ4v) is 9.46. The average molecular weight is 1300 g/mol. The van der Waals surface area contributed by atoms with Crippen LogP contribution in [0.1, 0.15) is 147 Å². The van der Waals surface area contributed by atoms with E-state index in [0.717, 1.165) is 50.7 Å². The van der Waals surface area contributed by atoms with Crippen LogP contribution >= 0.6 is 11.6 Å². The van der Waals surface area contributed by atoms with Crippen LogP contribution in [0, 0.1) is 0 Å². The molecule has 0 spiro atoms. The zero-order valence-electron chi connectivity index (χ0n) is 51.2. The number of ether oxygens (including phenoxy) is 1. The Hall–Kier alpha value is -7.39. The summed E-state index contributed by atoms with van der Waals surface area (Å²) in [5.41, 5.74) is 17.7. The number of carbonyl (C=O) groups is 12. The van der Waals surface area contributed by atoms with Crippen LogP contribution in [0.5, 0.6) is 0 Å². The molecule has 1 saturated heterocycles. The van der Waals surface area contributed by atoms with Gasteiger partial charge in [-0.25, -0.2) is 9.59 Å². The van der Waals surface area contributed by atoms with Crippen molar-refractivity contribution in [1.82, 2.24) is 47.9 Å². The molecule has 3 unspecified atom stereocenters. The highest BCUT2D eigenvalue weighted by atomic mass is 35.5. The van der Waals surface area contributed by atoms with E-state index in [1.54, 1.807) is 18.2 Å². The van der Waals surface area contributed by atoms with Gasteiger partial charge in [-0.05, 0) is 89.6 Å². The maximum absolute atomic E-state index is 14.3. The monoisotopic (exact) mass is 1300 g/mol. The number of nitrogens with one attached hydrogen (secondary N) is 9. The Kier molecular flexibility index (Phi) is 37.2. The third kappa shape index (κ3) is 28.2. The van der Waals surface area contributed by atoms with Crippen molar-refractivity contribution in [2.24, 2.45) is 17.2 Å². The van der Waals surface area contributed by atoms with Crippen LogP contribution < -0.4 is 65.1 Å². The normalized spacial score (nSPS) is 23.5. The first-order valence-electron chi connectivity index (χ1n) is 30.3. The Morgan fingerprint density at radius 1 is 0.644 bits per heavy atom. The first kappa shape index (κ1) is 78.7. The Bertz CT molecular complexity index is 2580. The second-order valence-electron chi connectivity index (χ2n) is 21.8. The number of hydrogen-bond acceptors (Lipinski definition) is 20. The zero-order chi connectivity index (χ0) is 67.5. The SMILES string of the molecule is C/C=C1\NC(=O)C([C@H](C)O)NC(=O)[C@H](CCN)NC(=O)[C@H](CCCCN)NC(=O)[C@@H](CC(=O)O)NC(=O)[C@@H](CCN)NC(=O)[C@@H](NC(=O)C[C@H](O)c2cccc(CCCCCCCCCCCC)c2)COC(=O)[C@H](C(O)CCl)NC(=O)C([C@H](O)C(=O)O)NC1=O. The summed E-state index contributed by atoms with van der Waals surface area (Å²) < 4.78 is 5.33. The van der Waals surface area contributed by atoms with Crippen LogP contribution in [0.2, 0.25) is 0 Å². The number of aliphatic hydroxyl groups excluding tert-OH is 4. The van der Waals surface area contributed by atoms with Gasteiger partial charge >= 0.3 is 17.9 Å². The maximum Gasteiger partial charge on any atom is 0.335 e. The van der Waals surface area contributed by atoms with E-state index in [-0.39, 0.29) is 45.3 Å². The van der Waals surface area contributed by atoms with Crippen LogP contribution in [0.3, 0.4) is 0 Å². The number of amides is 9. The Balaban J connectivity index is 2.75. The van der Waals surface area contributed by atoms with E-state index in [0.29, 0.717) is 12.0 Å². The number of unbranched alkanes of at least 4 members (excludes halogenated alkanes) is 10. The summed E-state index contributed by atoms with van der Waals surface area (Å²) in [6.07, 6.45) is 2.23. The third-order valence-electron chi connectivity index (χ3n) is 14.4. The van der Waals surface area contributed by atoms with Crippen molar-refractivity contribution < 1.29 is 92.9 Å². The summed E-state index contributed by atoms with van der Waals surface area (Å²) in [6, 6.07) is -9.12. The number of halogens is 1. The van der Waals surface area contributed by atoms with Crippen LogP contribution in [-0.2, 0) is 68.7 Å². The molecule has 1 aromatic rings. The molecular weight excluding hydrogens is 1200 g/mol. The molecule has 1 fully saturated rings. The van der Waals surface area contributed by atoms with E-state index in [9.17, 15) is 88.2 Å². The fourth-order valence-electron chi connectivity index (χ4n) is 9.29. The van der Waals surface area contributed by atoms with Gasteiger partial charge in [0, 0.05) is 0 Å². The number of cyclic esters (lactones) is 1. The highest BCUT2D eigenvalue weighted by molar-refractivity contribution is 6.18. The van der Waals surface area contributed by atoms with Crippen molar-refractivity contribution in [3.63, 3.8) is 0 Å².